The molecule has 4 heteroatoms. The molecule has 0 aliphatic carbocycles. The van der Waals surface area contributed by atoms with Crippen LogP contribution in [0.25, 0.3) is 0 Å². The van der Waals surface area contributed by atoms with E-state index in [1.807, 2.05) is 44.2 Å². The summed E-state index contributed by atoms with van der Waals surface area (Å²) in [5, 5.41) is 0.777. The summed E-state index contributed by atoms with van der Waals surface area (Å²) in [5.41, 5.74) is 1.99. The number of ether oxygens (including phenoxy) is 1. The van der Waals surface area contributed by atoms with E-state index in [2.05, 4.69) is 20.9 Å². The van der Waals surface area contributed by atoms with Crippen LogP contribution in [0.3, 0.4) is 0 Å². The highest BCUT2D eigenvalue weighted by atomic mass is 79.9. The second kappa shape index (κ2) is 5.07. The number of hydrogen-bond donors (Lipinski definition) is 0. The van der Waals surface area contributed by atoms with Crippen LogP contribution in [0, 0.1) is 13.8 Å². The van der Waals surface area contributed by atoms with Crippen molar-refractivity contribution in [1.29, 1.82) is 0 Å². The molecule has 0 spiro atoms. The minimum absolute atomic E-state index is 0.556. The summed E-state index contributed by atoms with van der Waals surface area (Å²) in [5.74, 6) is 1.30. The van der Waals surface area contributed by atoms with Crippen molar-refractivity contribution in [3.8, 4) is 11.6 Å². The number of halogens is 2. The molecule has 0 radical (unpaired) electrons. The minimum Gasteiger partial charge on any atom is -0.439 e. The lowest BCUT2D eigenvalue weighted by Gasteiger charge is -2.08. The molecular weight excluding hydrogens is 302 g/mol. The van der Waals surface area contributed by atoms with E-state index < -0.39 is 0 Å². The van der Waals surface area contributed by atoms with Gasteiger partial charge in [-0.15, -0.1) is 0 Å². The summed E-state index contributed by atoms with van der Waals surface area (Å²) in [6.45, 7) is 3.91. The molecule has 2 nitrogen and oxygen atoms in total. The Labute approximate surface area is 114 Å². The molecule has 0 fully saturated rings. The van der Waals surface area contributed by atoms with Gasteiger partial charge in [-0.2, -0.15) is 0 Å². The van der Waals surface area contributed by atoms with Crippen molar-refractivity contribution in [1.82, 2.24) is 4.98 Å². The van der Waals surface area contributed by atoms with Gasteiger partial charge in [-0.05, 0) is 59.1 Å². The largest absolute Gasteiger partial charge is 0.439 e. The molecule has 0 atom stereocenters. The first kappa shape index (κ1) is 12.4. The Kier molecular flexibility index (Phi) is 3.69. The lowest BCUT2D eigenvalue weighted by atomic mass is 10.1. The maximum atomic E-state index is 6.10. The van der Waals surface area contributed by atoms with Gasteiger partial charge in [0.05, 0.1) is 0 Å². The van der Waals surface area contributed by atoms with Crippen LogP contribution < -0.4 is 4.74 Å². The molecule has 0 unspecified atom stereocenters. The van der Waals surface area contributed by atoms with Crippen molar-refractivity contribution in [2.45, 2.75) is 13.8 Å². The number of aromatic nitrogens is 1. The third-order valence-corrected chi connectivity index (χ3v) is 3.36. The molecule has 88 valence electrons. The Morgan fingerprint density at radius 1 is 1.18 bits per heavy atom. The van der Waals surface area contributed by atoms with Crippen molar-refractivity contribution in [2.24, 2.45) is 0 Å². The van der Waals surface area contributed by atoms with Crippen LogP contribution in [0.2, 0.25) is 5.02 Å². The summed E-state index contributed by atoms with van der Waals surface area (Å²) >= 11 is 9.40. The first-order chi connectivity index (χ1) is 8.06. The zero-order chi connectivity index (χ0) is 12.4. The second-order valence-electron chi connectivity index (χ2n) is 3.77. The quantitative estimate of drug-likeness (QED) is 0.735. The molecule has 0 aliphatic rings. The zero-order valence-corrected chi connectivity index (χ0v) is 11.8. The fourth-order valence-corrected chi connectivity index (χ4v) is 1.97. The Morgan fingerprint density at radius 3 is 2.41 bits per heavy atom. The fraction of sp³-hybridized carbons (Fsp3) is 0.154. The standard InChI is InChI=1S/C13H11BrClNO/c1-8-6-10(7-9(2)13(8)15)17-12-5-3-4-11(14)16-12/h3-7H,1-2H3. The molecule has 0 amide bonds. The van der Waals surface area contributed by atoms with E-state index in [0.717, 1.165) is 26.5 Å². The second-order valence-corrected chi connectivity index (χ2v) is 4.96. The highest BCUT2D eigenvalue weighted by Crippen LogP contribution is 2.28. The summed E-state index contributed by atoms with van der Waals surface area (Å²) < 4.78 is 6.42. The Hall–Kier alpha value is -1.06. The molecule has 0 bridgehead atoms. The van der Waals surface area contributed by atoms with E-state index in [1.54, 1.807) is 0 Å². The molecule has 1 aromatic carbocycles. The Balaban J connectivity index is 2.31. The Morgan fingerprint density at radius 2 is 1.82 bits per heavy atom. The van der Waals surface area contributed by atoms with Crippen LogP contribution in [0.15, 0.2) is 34.9 Å². The molecule has 17 heavy (non-hydrogen) atoms. The van der Waals surface area contributed by atoms with Gasteiger partial charge in [-0.25, -0.2) is 4.98 Å². The molecule has 0 N–H and O–H groups in total. The Bertz CT molecular complexity index is 534. The molecule has 1 heterocycles. The van der Waals surface area contributed by atoms with Crippen molar-refractivity contribution >= 4 is 27.5 Å². The van der Waals surface area contributed by atoms with Gasteiger partial charge in [0.2, 0.25) is 5.88 Å². The highest BCUT2D eigenvalue weighted by molar-refractivity contribution is 9.10. The van der Waals surface area contributed by atoms with E-state index in [9.17, 15) is 0 Å². The fourth-order valence-electron chi connectivity index (χ4n) is 1.53. The van der Waals surface area contributed by atoms with Crippen LogP contribution >= 0.6 is 27.5 Å². The minimum atomic E-state index is 0.556. The molecule has 2 rings (SSSR count). The maximum absolute atomic E-state index is 6.10. The SMILES string of the molecule is Cc1cc(Oc2cccc(Br)n2)cc(C)c1Cl. The normalized spacial score (nSPS) is 10.4. The lowest BCUT2D eigenvalue weighted by Crippen LogP contribution is -1.90. The average molecular weight is 313 g/mol. The summed E-state index contributed by atoms with van der Waals surface area (Å²) in [6.07, 6.45) is 0. The number of benzene rings is 1. The number of pyridine rings is 1. The molecule has 2 aromatic rings. The van der Waals surface area contributed by atoms with Gasteiger partial charge >= 0.3 is 0 Å². The average Bonchev–Trinajstić information content (AvgIpc) is 2.26. The van der Waals surface area contributed by atoms with Crippen LogP contribution in [0.5, 0.6) is 11.6 Å². The maximum Gasteiger partial charge on any atom is 0.220 e. The van der Waals surface area contributed by atoms with Gasteiger partial charge < -0.3 is 4.74 Å². The van der Waals surface area contributed by atoms with Gasteiger partial charge in [0.1, 0.15) is 10.4 Å². The third-order valence-electron chi connectivity index (χ3n) is 2.32. The van der Waals surface area contributed by atoms with E-state index >= 15 is 0 Å². The monoisotopic (exact) mass is 311 g/mol. The topological polar surface area (TPSA) is 22.1 Å². The predicted molar refractivity (Wildman–Crippen MR) is 72.9 cm³/mol. The van der Waals surface area contributed by atoms with E-state index in [4.69, 9.17) is 16.3 Å². The number of nitrogens with zero attached hydrogens (tertiary/aromatic N) is 1. The van der Waals surface area contributed by atoms with Crippen molar-refractivity contribution < 1.29 is 4.74 Å². The highest BCUT2D eigenvalue weighted by Gasteiger charge is 2.05. The number of aryl methyl sites for hydroxylation is 2. The zero-order valence-electron chi connectivity index (χ0n) is 9.50. The van der Waals surface area contributed by atoms with Gasteiger partial charge in [-0.1, -0.05) is 17.7 Å². The van der Waals surface area contributed by atoms with E-state index in [0.29, 0.717) is 5.88 Å². The van der Waals surface area contributed by atoms with E-state index in [1.165, 1.54) is 0 Å². The van der Waals surface area contributed by atoms with Crippen LogP contribution in [0.4, 0.5) is 0 Å². The van der Waals surface area contributed by atoms with Gasteiger partial charge in [0.15, 0.2) is 0 Å². The van der Waals surface area contributed by atoms with Crippen LogP contribution in [-0.2, 0) is 0 Å². The molecule has 0 saturated heterocycles. The number of hydrogen-bond acceptors (Lipinski definition) is 2. The summed E-state index contributed by atoms with van der Waals surface area (Å²) in [4.78, 5) is 4.21. The first-order valence-corrected chi connectivity index (χ1v) is 6.30. The predicted octanol–water partition coefficient (Wildman–Crippen LogP) is 4.91. The van der Waals surface area contributed by atoms with Crippen LogP contribution in [0.1, 0.15) is 11.1 Å². The van der Waals surface area contributed by atoms with Gasteiger partial charge in [0, 0.05) is 11.1 Å². The van der Waals surface area contributed by atoms with Gasteiger partial charge in [0.25, 0.3) is 0 Å². The summed E-state index contributed by atoms with van der Waals surface area (Å²) in [6, 6.07) is 9.34. The summed E-state index contributed by atoms with van der Waals surface area (Å²) in [7, 11) is 0. The van der Waals surface area contributed by atoms with E-state index in [-0.39, 0.29) is 0 Å². The lowest BCUT2D eigenvalue weighted by molar-refractivity contribution is 0.461. The number of rotatable bonds is 2. The van der Waals surface area contributed by atoms with Crippen LogP contribution in [-0.4, -0.2) is 4.98 Å². The smallest absolute Gasteiger partial charge is 0.220 e. The van der Waals surface area contributed by atoms with Crippen molar-refractivity contribution in [2.75, 3.05) is 0 Å². The molecular formula is C13H11BrClNO. The molecule has 1 aromatic heterocycles. The first-order valence-electron chi connectivity index (χ1n) is 5.13. The molecule has 0 aliphatic heterocycles. The molecule has 0 saturated carbocycles. The van der Waals surface area contributed by atoms with Crippen molar-refractivity contribution in [3.63, 3.8) is 0 Å². The third kappa shape index (κ3) is 2.99. The van der Waals surface area contributed by atoms with Gasteiger partial charge in [-0.3, -0.25) is 0 Å². The van der Waals surface area contributed by atoms with Crippen molar-refractivity contribution in [3.05, 3.63) is 51.1 Å².